The fraction of sp³-hybridized carbons (Fsp3) is 0.842. The lowest BCUT2D eigenvalue weighted by Gasteiger charge is -2.29. The number of hydrogen-bond donors (Lipinski definition) is 2. The number of aryl methyl sites for hydroxylation is 1. The van der Waals surface area contributed by atoms with Gasteiger partial charge in [-0.3, -0.25) is 0 Å². The van der Waals surface area contributed by atoms with Gasteiger partial charge in [0.05, 0.1) is 24.2 Å². The Labute approximate surface area is 141 Å². The smallest absolute Gasteiger partial charge is 0.100 e. The first kappa shape index (κ1) is 20.2. The van der Waals surface area contributed by atoms with Gasteiger partial charge in [0.1, 0.15) is 6.10 Å². The summed E-state index contributed by atoms with van der Waals surface area (Å²) < 4.78 is 1.84. The van der Waals surface area contributed by atoms with Gasteiger partial charge in [0, 0.05) is 6.20 Å². The van der Waals surface area contributed by atoms with E-state index in [1.807, 2.05) is 17.7 Å². The number of rotatable bonds is 11. The van der Waals surface area contributed by atoms with Gasteiger partial charge in [0.15, 0.2) is 0 Å². The highest BCUT2D eigenvalue weighted by Crippen LogP contribution is 2.23. The van der Waals surface area contributed by atoms with Crippen molar-refractivity contribution in [2.75, 3.05) is 0 Å². The average Bonchev–Trinajstić information content (AvgIpc) is 2.83. The van der Waals surface area contributed by atoms with Gasteiger partial charge in [-0.2, -0.15) is 0 Å². The molecule has 0 saturated heterocycles. The van der Waals surface area contributed by atoms with Gasteiger partial charge in [0.25, 0.3) is 0 Å². The molecule has 4 heteroatoms. The zero-order valence-electron chi connectivity index (χ0n) is 15.6. The van der Waals surface area contributed by atoms with Crippen molar-refractivity contribution >= 4 is 0 Å². The summed E-state index contributed by atoms with van der Waals surface area (Å²) >= 11 is 0. The largest absolute Gasteiger partial charge is 0.388 e. The molecule has 0 radical (unpaired) electrons. The van der Waals surface area contributed by atoms with Crippen LogP contribution in [0.15, 0.2) is 12.5 Å². The Balaban J connectivity index is 2.28. The average molecular weight is 325 g/mol. The van der Waals surface area contributed by atoms with Crippen LogP contribution in [0.3, 0.4) is 0 Å². The first-order valence-corrected chi connectivity index (χ1v) is 9.09. The van der Waals surface area contributed by atoms with Crippen molar-refractivity contribution in [3.05, 3.63) is 18.2 Å². The van der Waals surface area contributed by atoms with Gasteiger partial charge in [-0.25, -0.2) is 4.98 Å². The van der Waals surface area contributed by atoms with Crippen LogP contribution in [0.1, 0.15) is 71.9 Å². The molecule has 1 aromatic heterocycles. The van der Waals surface area contributed by atoms with Crippen molar-refractivity contribution in [2.45, 2.75) is 91.4 Å². The third-order valence-electron chi connectivity index (χ3n) is 4.72. The minimum Gasteiger partial charge on any atom is -0.388 e. The predicted octanol–water partition coefficient (Wildman–Crippen LogP) is 3.94. The van der Waals surface area contributed by atoms with Gasteiger partial charge in [-0.15, -0.1) is 0 Å². The molecular formula is C19H36N2O2. The summed E-state index contributed by atoms with van der Waals surface area (Å²) in [7, 11) is 0. The summed E-state index contributed by atoms with van der Waals surface area (Å²) in [6, 6.07) is 0. The number of nitrogens with zero attached hydrogens (tertiary/aromatic N) is 2. The summed E-state index contributed by atoms with van der Waals surface area (Å²) in [6.45, 7) is 10.9. The van der Waals surface area contributed by atoms with E-state index in [2.05, 4.69) is 25.8 Å². The lowest BCUT2D eigenvalue weighted by Crippen LogP contribution is -2.41. The third-order valence-corrected chi connectivity index (χ3v) is 4.72. The van der Waals surface area contributed by atoms with E-state index < -0.39 is 11.7 Å². The predicted molar refractivity (Wildman–Crippen MR) is 95.3 cm³/mol. The minimum absolute atomic E-state index is 0.387. The first-order valence-electron chi connectivity index (χ1n) is 9.09. The van der Waals surface area contributed by atoms with Crippen LogP contribution >= 0.6 is 0 Å². The number of hydrogen-bond acceptors (Lipinski definition) is 3. The van der Waals surface area contributed by atoms with Crippen molar-refractivity contribution in [1.82, 2.24) is 9.55 Å². The quantitative estimate of drug-likeness (QED) is 0.648. The van der Waals surface area contributed by atoms with Gasteiger partial charge >= 0.3 is 0 Å². The topological polar surface area (TPSA) is 58.3 Å². The van der Waals surface area contributed by atoms with Crippen LogP contribution < -0.4 is 0 Å². The highest BCUT2D eigenvalue weighted by molar-refractivity contribution is 4.94. The van der Waals surface area contributed by atoms with Gasteiger partial charge in [-0.1, -0.05) is 52.9 Å². The molecule has 0 saturated carbocycles. The number of imidazole rings is 1. The third kappa shape index (κ3) is 7.98. The van der Waals surface area contributed by atoms with Crippen LogP contribution in [0.2, 0.25) is 0 Å². The highest BCUT2D eigenvalue weighted by Gasteiger charge is 2.30. The molecule has 0 aliphatic rings. The van der Waals surface area contributed by atoms with Crippen molar-refractivity contribution < 1.29 is 10.2 Å². The van der Waals surface area contributed by atoms with Gasteiger partial charge < -0.3 is 14.8 Å². The molecule has 0 fully saturated rings. The molecule has 1 heterocycles. The fourth-order valence-electron chi connectivity index (χ4n) is 2.96. The molecule has 23 heavy (non-hydrogen) atoms. The molecule has 1 rings (SSSR count). The van der Waals surface area contributed by atoms with Crippen LogP contribution in [0.5, 0.6) is 0 Å². The molecule has 0 aliphatic heterocycles. The Morgan fingerprint density at radius 2 is 1.83 bits per heavy atom. The van der Waals surface area contributed by atoms with Crippen molar-refractivity contribution in [2.24, 2.45) is 11.8 Å². The maximum Gasteiger partial charge on any atom is 0.100 e. The van der Waals surface area contributed by atoms with E-state index in [1.54, 1.807) is 13.3 Å². The van der Waals surface area contributed by atoms with E-state index in [-0.39, 0.29) is 0 Å². The number of aromatic nitrogens is 2. The lowest BCUT2D eigenvalue weighted by atomic mass is 9.89. The highest BCUT2D eigenvalue weighted by atomic mass is 16.3. The van der Waals surface area contributed by atoms with Gasteiger partial charge in [0.2, 0.25) is 0 Å². The lowest BCUT2D eigenvalue weighted by molar-refractivity contribution is -0.0752. The van der Waals surface area contributed by atoms with Crippen LogP contribution in [-0.4, -0.2) is 31.5 Å². The Kier molecular flexibility index (Phi) is 8.27. The van der Waals surface area contributed by atoms with Crippen molar-refractivity contribution in [1.29, 1.82) is 0 Å². The van der Waals surface area contributed by atoms with E-state index in [0.29, 0.717) is 18.9 Å². The first-order chi connectivity index (χ1) is 10.7. The molecule has 0 amide bonds. The molecule has 1 aromatic rings. The normalized spacial score (nSPS) is 17.2. The standard InChI is InChI=1S/C19H36N2O2/c1-15(2)8-6-9-16(3)10-7-11-19(5,23)18(22)13-21-12-17(4)20-14-21/h12,14-16,18,22-23H,6-11,13H2,1-5H3. The number of aliphatic hydroxyl groups excluding tert-OH is 1. The zero-order valence-corrected chi connectivity index (χ0v) is 15.6. The maximum absolute atomic E-state index is 10.5. The zero-order chi connectivity index (χ0) is 17.5. The Morgan fingerprint density at radius 3 is 2.39 bits per heavy atom. The molecular weight excluding hydrogens is 288 g/mol. The van der Waals surface area contributed by atoms with Crippen molar-refractivity contribution in [3.63, 3.8) is 0 Å². The Morgan fingerprint density at radius 1 is 1.17 bits per heavy atom. The van der Waals surface area contributed by atoms with Crippen LogP contribution in [0, 0.1) is 18.8 Å². The fourth-order valence-corrected chi connectivity index (χ4v) is 2.96. The summed E-state index contributed by atoms with van der Waals surface area (Å²) in [5.41, 5.74) is -0.123. The second-order valence-electron chi connectivity index (χ2n) is 7.91. The van der Waals surface area contributed by atoms with E-state index in [4.69, 9.17) is 0 Å². The second kappa shape index (κ2) is 9.43. The minimum atomic E-state index is -1.05. The Bertz CT molecular complexity index is 440. The summed E-state index contributed by atoms with van der Waals surface area (Å²) in [4.78, 5) is 4.15. The second-order valence-corrected chi connectivity index (χ2v) is 7.91. The van der Waals surface area contributed by atoms with Crippen molar-refractivity contribution in [3.8, 4) is 0 Å². The SMILES string of the molecule is Cc1cn(CC(O)C(C)(O)CCCC(C)CCCC(C)C)cn1. The summed E-state index contributed by atoms with van der Waals surface area (Å²) in [5.74, 6) is 1.47. The number of aliphatic hydroxyl groups is 2. The van der Waals surface area contributed by atoms with Crippen LogP contribution in [0.4, 0.5) is 0 Å². The summed E-state index contributed by atoms with van der Waals surface area (Å²) in [5, 5.41) is 20.8. The van der Waals surface area contributed by atoms with Crippen LogP contribution in [0.25, 0.3) is 0 Å². The molecule has 2 N–H and O–H groups in total. The molecule has 4 nitrogen and oxygen atoms in total. The van der Waals surface area contributed by atoms with E-state index in [9.17, 15) is 10.2 Å². The van der Waals surface area contributed by atoms with E-state index >= 15 is 0 Å². The molecule has 0 spiro atoms. The Hall–Kier alpha value is -0.870. The molecule has 134 valence electrons. The molecule has 3 atom stereocenters. The van der Waals surface area contributed by atoms with Crippen LogP contribution in [-0.2, 0) is 6.54 Å². The summed E-state index contributed by atoms with van der Waals surface area (Å²) in [6.07, 6.45) is 9.37. The van der Waals surface area contributed by atoms with E-state index in [0.717, 1.165) is 24.5 Å². The maximum atomic E-state index is 10.5. The molecule has 0 aromatic carbocycles. The van der Waals surface area contributed by atoms with E-state index in [1.165, 1.54) is 19.3 Å². The molecule has 0 bridgehead atoms. The monoisotopic (exact) mass is 324 g/mol. The van der Waals surface area contributed by atoms with Gasteiger partial charge in [-0.05, 0) is 32.1 Å². The molecule has 0 aliphatic carbocycles. The molecule has 3 unspecified atom stereocenters.